The molecule has 1 amide bonds. The number of nitrogens with zero attached hydrogens (tertiary/aromatic N) is 1. The summed E-state index contributed by atoms with van der Waals surface area (Å²) >= 11 is 5.81. The zero-order valence-electron chi connectivity index (χ0n) is 11.1. The van der Waals surface area contributed by atoms with Crippen LogP contribution in [0.2, 0.25) is 5.02 Å². The predicted molar refractivity (Wildman–Crippen MR) is 74.0 cm³/mol. The van der Waals surface area contributed by atoms with Crippen molar-refractivity contribution in [2.45, 2.75) is 26.8 Å². The maximum Gasteiger partial charge on any atom is 0.305 e. The van der Waals surface area contributed by atoms with Gasteiger partial charge in [0.2, 0.25) is 5.91 Å². The Bertz CT molecular complexity index is 443. The number of hydrogen-bond acceptors (Lipinski definition) is 2. The van der Waals surface area contributed by atoms with E-state index in [1.165, 1.54) is 0 Å². The third-order valence-electron chi connectivity index (χ3n) is 2.69. The molecule has 0 aliphatic rings. The van der Waals surface area contributed by atoms with Crippen LogP contribution in [0, 0.1) is 5.92 Å². The highest BCUT2D eigenvalue weighted by atomic mass is 35.5. The van der Waals surface area contributed by atoms with Crippen molar-refractivity contribution in [3.05, 3.63) is 34.9 Å². The van der Waals surface area contributed by atoms with Gasteiger partial charge in [-0.15, -0.1) is 0 Å². The van der Waals surface area contributed by atoms with E-state index in [0.29, 0.717) is 11.6 Å². The predicted octanol–water partition coefficient (Wildman–Crippen LogP) is 2.80. The SMILES string of the molecule is CC(C)C(=O)N(CCC(=O)O)Cc1ccc(Cl)cc1. The first-order valence-corrected chi connectivity index (χ1v) is 6.53. The van der Waals surface area contributed by atoms with Gasteiger partial charge in [-0.2, -0.15) is 0 Å². The number of amides is 1. The number of hydrogen-bond donors (Lipinski definition) is 1. The molecule has 0 heterocycles. The first kappa shape index (κ1) is 15.5. The average molecular weight is 284 g/mol. The largest absolute Gasteiger partial charge is 0.481 e. The summed E-state index contributed by atoms with van der Waals surface area (Å²) in [5.74, 6) is -1.10. The molecule has 0 unspecified atom stereocenters. The van der Waals surface area contributed by atoms with Crippen LogP contribution in [-0.2, 0) is 16.1 Å². The van der Waals surface area contributed by atoms with E-state index in [2.05, 4.69) is 0 Å². The molecule has 5 heteroatoms. The van der Waals surface area contributed by atoms with Gasteiger partial charge in [0.15, 0.2) is 0 Å². The molecule has 1 N–H and O–H groups in total. The minimum atomic E-state index is -0.905. The van der Waals surface area contributed by atoms with Crippen LogP contribution in [0.1, 0.15) is 25.8 Å². The summed E-state index contributed by atoms with van der Waals surface area (Å²) in [5, 5.41) is 9.37. The third kappa shape index (κ3) is 5.30. The Balaban J connectivity index is 2.75. The van der Waals surface area contributed by atoms with Crippen molar-refractivity contribution >= 4 is 23.5 Å². The Kier molecular flexibility index (Phi) is 5.83. The van der Waals surface area contributed by atoms with Crippen molar-refractivity contribution in [3.63, 3.8) is 0 Å². The molecule has 0 aliphatic heterocycles. The van der Waals surface area contributed by atoms with E-state index in [0.717, 1.165) is 5.56 Å². The molecule has 0 atom stereocenters. The van der Waals surface area contributed by atoms with E-state index in [4.69, 9.17) is 16.7 Å². The monoisotopic (exact) mass is 283 g/mol. The van der Waals surface area contributed by atoms with Crippen LogP contribution in [-0.4, -0.2) is 28.4 Å². The molecule has 1 rings (SSSR count). The average Bonchev–Trinajstić information content (AvgIpc) is 2.35. The molecule has 0 saturated heterocycles. The standard InChI is InChI=1S/C14H18ClNO3/c1-10(2)14(19)16(8-7-13(17)18)9-11-3-5-12(15)6-4-11/h3-6,10H,7-9H2,1-2H3,(H,17,18). The Hall–Kier alpha value is -1.55. The molecule has 1 aromatic carbocycles. The van der Waals surface area contributed by atoms with Gasteiger partial charge in [-0.25, -0.2) is 0 Å². The lowest BCUT2D eigenvalue weighted by molar-refractivity contribution is -0.139. The van der Waals surface area contributed by atoms with Crippen LogP contribution >= 0.6 is 11.6 Å². The number of halogens is 1. The van der Waals surface area contributed by atoms with Crippen LogP contribution < -0.4 is 0 Å². The lowest BCUT2D eigenvalue weighted by Gasteiger charge is -2.24. The molecule has 4 nitrogen and oxygen atoms in total. The van der Waals surface area contributed by atoms with Crippen LogP contribution in [0.3, 0.4) is 0 Å². The second-order valence-corrected chi connectivity index (χ2v) is 5.12. The first-order valence-electron chi connectivity index (χ1n) is 6.15. The van der Waals surface area contributed by atoms with Gasteiger partial charge < -0.3 is 10.0 Å². The van der Waals surface area contributed by atoms with Gasteiger partial charge in [0, 0.05) is 24.0 Å². The first-order chi connectivity index (χ1) is 8.90. The van der Waals surface area contributed by atoms with Crippen molar-refractivity contribution in [1.82, 2.24) is 4.90 Å². The summed E-state index contributed by atoms with van der Waals surface area (Å²) in [5.41, 5.74) is 0.934. The van der Waals surface area contributed by atoms with Crippen molar-refractivity contribution in [2.75, 3.05) is 6.54 Å². The lowest BCUT2D eigenvalue weighted by Crippen LogP contribution is -2.35. The van der Waals surface area contributed by atoms with Crippen molar-refractivity contribution < 1.29 is 14.7 Å². The van der Waals surface area contributed by atoms with Gasteiger partial charge in [-0.3, -0.25) is 9.59 Å². The fraction of sp³-hybridized carbons (Fsp3) is 0.429. The summed E-state index contributed by atoms with van der Waals surface area (Å²) in [6.07, 6.45) is -0.0496. The summed E-state index contributed by atoms with van der Waals surface area (Å²) < 4.78 is 0. The molecule has 19 heavy (non-hydrogen) atoms. The van der Waals surface area contributed by atoms with Gasteiger partial charge in [0.05, 0.1) is 6.42 Å². The summed E-state index contributed by atoms with van der Waals surface area (Å²) in [6.45, 7) is 4.23. The molecule has 0 bridgehead atoms. The van der Waals surface area contributed by atoms with Crippen molar-refractivity contribution in [2.24, 2.45) is 5.92 Å². The van der Waals surface area contributed by atoms with Crippen LogP contribution in [0.5, 0.6) is 0 Å². The summed E-state index contributed by atoms with van der Waals surface area (Å²) in [4.78, 5) is 24.2. The summed E-state index contributed by atoms with van der Waals surface area (Å²) in [6, 6.07) is 7.19. The number of carboxylic acids is 1. The number of carboxylic acid groups (broad SMARTS) is 1. The second-order valence-electron chi connectivity index (χ2n) is 4.68. The van der Waals surface area contributed by atoms with Gasteiger partial charge in [-0.1, -0.05) is 37.6 Å². The van der Waals surface area contributed by atoms with Crippen LogP contribution in [0.25, 0.3) is 0 Å². The molecule has 104 valence electrons. The quantitative estimate of drug-likeness (QED) is 0.873. The number of benzene rings is 1. The molecule has 0 aliphatic carbocycles. The van der Waals surface area contributed by atoms with E-state index < -0.39 is 5.97 Å². The minimum absolute atomic E-state index is 0.0452. The topological polar surface area (TPSA) is 57.6 Å². The van der Waals surface area contributed by atoms with Crippen molar-refractivity contribution in [1.29, 1.82) is 0 Å². The molecular weight excluding hydrogens is 266 g/mol. The highest BCUT2D eigenvalue weighted by Crippen LogP contribution is 2.13. The molecule has 0 aromatic heterocycles. The van der Waals surface area contributed by atoms with Gasteiger partial charge in [-0.05, 0) is 17.7 Å². The molecule has 0 saturated carbocycles. The number of rotatable bonds is 6. The number of carbonyl (C=O) groups excluding carboxylic acids is 1. The molecule has 1 aromatic rings. The van der Waals surface area contributed by atoms with Crippen LogP contribution in [0.4, 0.5) is 0 Å². The fourth-order valence-electron chi connectivity index (χ4n) is 1.67. The molecule has 0 radical (unpaired) electrons. The molecule has 0 fully saturated rings. The second kappa shape index (κ2) is 7.14. The molecular formula is C14H18ClNO3. The Morgan fingerprint density at radius 3 is 2.32 bits per heavy atom. The zero-order valence-corrected chi connectivity index (χ0v) is 11.9. The van der Waals surface area contributed by atoms with Crippen molar-refractivity contribution in [3.8, 4) is 0 Å². The third-order valence-corrected chi connectivity index (χ3v) is 2.94. The highest BCUT2D eigenvalue weighted by Gasteiger charge is 2.18. The highest BCUT2D eigenvalue weighted by molar-refractivity contribution is 6.30. The van der Waals surface area contributed by atoms with E-state index in [1.54, 1.807) is 30.9 Å². The van der Waals surface area contributed by atoms with Gasteiger partial charge in [0.25, 0.3) is 0 Å². The smallest absolute Gasteiger partial charge is 0.305 e. The van der Waals surface area contributed by atoms with E-state index in [9.17, 15) is 9.59 Å². The maximum atomic E-state index is 12.0. The Morgan fingerprint density at radius 1 is 1.26 bits per heavy atom. The van der Waals surface area contributed by atoms with E-state index in [-0.39, 0.29) is 24.8 Å². The number of carbonyl (C=O) groups is 2. The maximum absolute atomic E-state index is 12.0. The lowest BCUT2D eigenvalue weighted by atomic mass is 10.1. The molecule has 0 spiro atoms. The van der Waals surface area contributed by atoms with E-state index in [1.807, 2.05) is 12.1 Å². The Morgan fingerprint density at radius 2 is 1.84 bits per heavy atom. The Labute approximate surface area is 118 Å². The van der Waals surface area contributed by atoms with Gasteiger partial charge in [0.1, 0.15) is 0 Å². The summed E-state index contributed by atoms with van der Waals surface area (Å²) in [7, 11) is 0. The zero-order chi connectivity index (χ0) is 14.4. The van der Waals surface area contributed by atoms with Gasteiger partial charge >= 0.3 is 5.97 Å². The fourth-order valence-corrected chi connectivity index (χ4v) is 1.80. The minimum Gasteiger partial charge on any atom is -0.481 e. The normalized spacial score (nSPS) is 10.5. The van der Waals surface area contributed by atoms with E-state index >= 15 is 0 Å². The van der Waals surface area contributed by atoms with Crippen LogP contribution in [0.15, 0.2) is 24.3 Å². The number of aliphatic carboxylic acids is 1.